The first-order chi connectivity index (χ1) is 5.88. The van der Waals surface area contributed by atoms with Gasteiger partial charge in [0.2, 0.25) is 0 Å². The topological polar surface area (TPSA) is 46.4 Å². The van der Waals surface area contributed by atoms with Crippen molar-refractivity contribution in [2.24, 2.45) is 0 Å². The molecule has 0 radical (unpaired) electrons. The second-order valence-corrected chi connectivity index (χ2v) is 2.49. The molecule has 0 aliphatic carbocycles. The zero-order chi connectivity index (χ0) is 10.2. The SMILES string of the molecule is COC(=O)[C@H]1CN1C(=O)C(F)(F)F. The van der Waals surface area contributed by atoms with Crippen molar-refractivity contribution in [1.29, 1.82) is 0 Å². The molecule has 0 bridgehead atoms. The number of alkyl halides is 3. The largest absolute Gasteiger partial charge is 0.471 e. The van der Waals surface area contributed by atoms with Crippen LogP contribution in [0.5, 0.6) is 0 Å². The molecule has 0 aromatic carbocycles. The standard InChI is InChI=1S/C6H6F3NO3/c1-13-4(11)3-2-10(3)5(12)6(7,8)9/h3H,2H2,1H3/t3-,10?/m1/s1. The summed E-state index contributed by atoms with van der Waals surface area (Å²) < 4.78 is 39.4. The predicted octanol–water partition coefficient (Wildman–Crippen LogP) is -0.0675. The lowest BCUT2D eigenvalue weighted by molar-refractivity contribution is -0.180. The highest BCUT2D eigenvalue weighted by Crippen LogP contribution is 2.27. The summed E-state index contributed by atoms with van der Waals surface area (Å²) in [4.78, 5) is 21.5. The maximum absolute atomic E-state index is 11.7. The van der Waals surface area contributed by atoms with Crippen LogP contribution in [-0.4, -0.2) is 42.6 Å². The molecule has 4 nitrogen and oxygen atoms in total. The smallest absolute Gasteiger partial charge is 0.467 e. The number of amides is 1. The lowest BCUT2D eigenvalue weighted by Gasteiger charge is -2.05. The van der Waals surface area contributed by atoms with Crippen molar-refractivity contribution in [3.8, 4) is 0 Å². The molecule has 0 N–H and O–H groups in total. The van der Waals surface area contributed by atoms with Gasteiger partial charge >= 0.3 is 18.1 Å². The summed E-state index contributed by atoms with van der Waals surface area (Å²) in [6.45, 7) is -0.217. The molecule has 1 amide bonds. The van der Waals surface area contributed by atoms with E-state index in [9.17, 15) is 22.8 Å². The van der Waals surface area contributed by atoms with Crippen LogP contribution in [0.1, 0.15) is 0 Å². The van der Waals surface area contributed by atoms with Crippen LogP contribution in [0.15, 0.2) is 0 Å². The molecule has 0 aromatic heterocycles. The average Bonchev–Trinajstić information content (AvgIpc) is 2.79. The molecule has 7 heteroatoms. The van der Waals surface area contributed by atoms with Gasteiger partial charge in [0.1, 0.15) is 6.04 Å². The third-order valence-electron chi connectivity index (χ3n) is 1.59. The summed E-state index contributed by atoms with van der Waals surface area (Å²) >= 11 is 0. The molecule has 0 spiro atoms. The highest BCUT2D eigenvalue weighted by atomic mass is 19.4. The lowest BCUT2D eigenvalue weighted by atomic mass is 10.5. The fraction of sp³-hybridized carbons (Fsp3) is 0.667. The Balaban J connectivity index is 2.52. The number of hydrogen-bond acceptors (Lipinski definition) is 3. The van der Waals surface area contributed by atoms with Gasteiger partial charge in [-0.15, -0.1) is 0 Å². The minimum Gasteiger partial charge on any atom is -0.467 e. The van der Waals surface area contributed by atoms with Crippen LogP contribution >= 0.6 is 0 Å². The summed E-state index contributed by atoms with van der Waals surface area (Å²) in [6, 6.07) is -1.06. The Morgan fingerprint density at radius 1 is 1.46 bits per heavy atom. The van der Waals surface area contributed by atoms with E-state index in [-0.39, 0.29) is 6.54 Å². The van der Waals surface area contributed by atoms with Crippen LogP contribution < -0.4 is 0 Å². The van der Waals surface area contributed by atoms with Crippen molar-refractivity contribution in [3.05, 3.63) is 0 Å². The monoisotopic (exact) mass is 197 g/mol. The van der Waals surface area contributed by atoms with Crippen molar-refractivity contribution >= 4 is 11.9 Å². The molecular weight excluding hydrogens is 191 g/mol. The quantitative estimate of drug-likeness (QED) is 0.436. The number of ether oxygens (including phenoxy) is 1. The Morgan fingerprint density at radius 3 is 2.38 bits per heavy atom. The van der Waals surface area contributed by atoms with E-state index < -0.39 is 24.1 Å². The minimum atomic E-state index is -4.91. The molecule has 1 aliphatic heterocycles. The van der Waals surface area contributed by atoms with Gasteiger partial charge in [-0.25, -0.2) is 4.79 Å². The summed E-state index contributed by atoms with van der Waals surface area (Å²) in [7, 11) is 1.05. The van der Waals surface area contributed by atoms with Crippen molar-refractivity contribution in [2.45, 2.75) is 12.2 Å². The second-order valence-electron chi connectivity index (χ2n) is 2.49. The maximum atomic E-state index is 11.7. The molecule has 0 aromatic rings. The van der Waals surface area contributed by atoms with Crippen LogP contribution in [-0.2, 0) is 14.3 Å². The van der Waals surface area contributed by atoms with Crippen LogP contribution in [0.2, 0.25) is 0 Å². The zero-order valence-corrected chi connectivity index (χ0v) is 6.59. The average molecular weight is 197 g/mol. The number of hydrogen-bond donors (Lipinski definition) is 0. The summed E-state index contributed by atoms with van der Waals surface area (Å²) in [5.74, 6) is -2.82. The number of methoxy groups -OCH3 is 1. The fourth-order valence-electron chi connectivity index (χ4n) is 0.864. The van der Waals surface area contributed by atoms with Gasteiger partial charge in [-0.05, 0) is 0 Å². The number of carbonyl (C=O) groups excluding carboxylic acids is 2. The third-order valence-corrected chi connectivity index (χ3v) is 1.59. The van der Waals surface area contributed by atoms with E-state index in [0.29, 0.717) is 4.90 Å². The molecule has 13 heavy (non-hydrogen) atoms. The molecule has 1 rings (SSSR count). The number of nitrogens with zero attached hydrogens (tertiary/aromatic N) is 1. The van der Waals surface area contributed by atoms with Gasteiger partial charge in [0.05, 0.1) is 13.7 Å². The van der Waals surface area contributed by atoms with Crippen LogP contribution in [0.25, 0.3) is 0 Å². The summed E-state index contributed by atoms with van der Waals surface area (Å²) in [6.07, 6.45) is -4.91. The van der Waals surface area contributed by atoms with E-state index in [1.165, 1.54) is 0 Å². The van der Waals surface area contributed by atoms with E-state index in [2.05, 4.69) is 4.74 Å². The molecule has 1 saturated heterocycles. The Hall–Kier alpha value is -1.27. The highest BCUT2D eigenvalue weighted by molar-refractivity contribution is 5.92. The van der Waals surface area contributed by atoms with Gasteiger partial charge in [0, 0.05) is 0 Å². The third kappa shape index (κ3) is 1.90. The van der Waals surface area contributed by atoms with E-state index in [4.69, 9.17) is 0 Å². The van der Waals surface area contributed by atoms with Crippen molar-refractivity contribution in [2.75, 3.05) is 13.7 Å². The molecule has 1 fully saturated rings. The van der Waals surface area contributed by atoms with E-state index in [1.54, 1.807) is 0 Å². The minimum absolute atomic E-state index is 0.217. The Morgan fingerprint density at radius 2 is 2.00 bits per heavy atom. The van der Waals surface area contributed by atoms with E-state index in [0.717, 1.165) is 7.11 Å². The zero-order valence-electron chi connectivity index (χ0n) is 6.59. The van der Waals surface area contributed by atoms with Gasteiger partial charge in [-0.3, -0.25) is 4.79 Å². The van der Waals surface area contributed by atoms with Crippen molar-refractivity contribution in [1.82, 2.24) is 4.90 Å². The first-order valence-corrected chi connectivity index (χ1v) is 3.33. The molecule has 1 atom stereocenters. The molecule has 0 unspecified atom stereocenters. The Labute approximate surface area is 71.3 Å². The first-order valence-electron chi connectivity index (χ1n) is 3.33. The number of halogens is 3. The molecular formula is C6H6F3NO3. The molecule has 74 valence electrons. The second kappa shape index (κ2) is 2.90. The summed E-state index contributed by atoms with van der Waals surface area (Å²) in [5.41, 5.74) is 0. The maximum Gasteiger partial charge on any atom is 0.471 e. The molecule has 1 aliphatic rings. The first kappa shape index (κ1) is 9.82. The van der Waals surface area contributed by atoms with Gasteiger partial charge in [-0.1, -0.05) is 0 Å². The van der Waals surface area contributed by atoms with Gasteiger partial charge in [0.15, 0.2) is 0 Å². The summed E-state index contributed by atoms with van der Waals surface area (Å²) in [5, 5.41) is 0. The van der Waals surface area contributed by atoms with E-state index >= 15 is 0 Å². The lowest BCUT2D eigenvalue weighted by Crippen LogP contribution is -2.32. The number of esters is 1. The Kier molecular flexibility index (Phi) is 2.19. The van der Waals surface area contributed by atoms with Gasteiger partial charge in [-0.2, -0.15) is 13.2 Å². The van der Waals surface area contributed by atoms with Crippen LogP contribution in [0.3, 0.4) is 0 Å². The molecule has 1 heterocycles. The fourth-order valence-corrected chi connectivity index (χ4v) is 0.864. The normalized spacial score (nSPS) is 21.2. The number of carbonyl (C=O) groups is 2. The van der Waals surface area contributed by atoms with Crippen molar-refractivity contribution in [3.63, 3.8) is 0 Å². The molecule has 0 saturated carbocycles. The van der Waals surface area contributed by atoms with Gasteiger partial charge in [0.25, 0.3) is 0 Å². The number of rotatable bonds is 1. The van der Waals surface area contributed by atoms with Crippen molar-refractivity contribution < 1.29 is 27.5 Å². The van der Waals surface area contributed by atoms with Gasteiger partial charge < -0.3 is 9.64 Å². The van der Waals surface area contributed by atoms with Crippen LogP contribution in [0, 0.1) is 0 Å². The van der Waals surface area contributed by atoms with Crippen LogP contribution in [0.4, 0.5) is 13.2 Å². The predicted molar refractivity (Wildman–Crippen MR) is 33.6 cm³/mol. The Bertz CT molecular complexity index is 250. The van der Waals surface area contributed by atoms with E-state index in [1.807, 2.05) is 0 Å². The highest BCUT2D eigenvalue weighted by Gasteiger charge is 2.54.